The van der Waals surface area contributed by atoms with E-state index in [0.29, 0.717) is 17.9 Å². The highest BCUT2D eigenvalue weighted by molar-refractivity contribution is 5.91. The Balaban J connectivity index is 2.30. The second-order valence-electron chi connectivity index (χ2n) is 5.85. The third-order valence-corrected chi connectivity index (χ3v) is 4.49. The molecule has 0 saturated heterocycles. The van der Waals surface area contributed by atoms with Gasteiger partial charge in [0.05, 0.1) is 19.7 Å². The van der Waals surface area contributed by atoms with E-state index in [1.54, 1.807) is 25.8 Å². The van der Waals surface area contributed by atoms with Crippen molar-refractivity contribution in [1.82, 2.24) is 4.57 Å². The maximum atomic E-state index is 12.9. The quantitative estimate of drug-likeness (QED) is 0.738. The van der Waals surface area contributed by atoms with Crippen molar-refractivity contribution in [2.24, 2.45) is 7.05 Å². The van der Waals surface area contributed by atoms with Crippen LogP contribution in [0.4, 0.5) is 0 Å². The Morgan fingerprint density at radius 2 is 1.75 bits per heavy atom. The molecule has 0 radical (unpaired) electrons. The molecule has 4 nitrogen and oxygen atoms in total. The van der Waals surface area contributed by atoms with Crippen molar-refractivity contribution in [1.29, 1.82) is 0 Å². The number of hydrogen-bond acceptors (Lipinski definition) is 3. The first-order valence-corrected chi connectivity index (χ1v) is 7.85. The summed E-state index contributed by atoms with van der Waals surface area (Å²) < 4.78 is 12.6. The number of aromatic nitrogens is 1. The van der Waals surface area contributed by atoms with Crippen LogP contribution in [0.2, 0.25) is 0 Å². The van der Waals surface area contributed by atoms with Crippen molar-refractivity contribution in [3.63, 3.8) is 0 Å². The summed E-state index contributed by atoms with van der Waals surface area (Å²) in [6, 6.07) is 13.8. The van der Waals surface area contributed by atoms with Crippen LogP contribution in [0.25, 0.3) is 10.9 Å². The van der Waals surface area contributed by atoms with Gasteiger partial charge in [-0.2, -0.15) is 0 Å². The summed E-state index contributed by atoms with van der Waals surface area (Å²) in [7, 11) is 5.03. The van der Waals surface area contributed by atoms with Crippen LogP contribution in [0.3, 0.4) is 0 Å². The lowest BCUT2D eigenvalue weighted by Gasteiger charge is -2.17. The molecule has 0 aliphatic heterocycles. The Labute approximate surface area is 141 Å². The summed E-state index contributed by atoms with van der Waals surface area (Å²) in [6.07, 6.45) is 0.602. The molecule has 0 spiro atoms. The normalized spacial score (nSPS) is 10.8. The molecule has 0 fully saturated rings. The van der Waals surface area contributed by atoms with E-state index < -0.39 is 0 Å². The zero-order valence-electron chi connectivity index (χ0n) is 14.4. The lowest BCUT2D eigenvalue weighted by Crippen LogP contribution is -2.23. The molecule has 0 N–H and O–H groups in total. The molecule has 0 aliphatic carbocycles. The molecule has 0 unspecified atom stereocenters. The molecule has 3 aromatic rings. The molecule has 4 heteroatoms. The van der Waals surface area contributed by atoms with Crippen molar-refractivity contribution in [2.45, 2.75) is 13.3 Å². The number of fused-ring (bicyclic) bond motifs is 1. The van der Waals surface area contributed by atoms with Gasteiger partial charge in [-0.1, -0.05) is 30.3 Å². The number of aryl methyl sites for hydroxylation is 2. The van der Waals surface area contributed by atoms with Gasteiger partial charge in [-0.25, -0.2) is 0 Å². The lowest BCUT2D eigenvalue weighted by atomic mass is 9.97. The third kappa shape index (κ3) is 2.64. The molecule has 0 aliphatic rings. The maximum Gasteiger partial charge on any atom is 0.254 e. The largest absolute Gasteiger partial charge is 0.497 e. The Morgan fingerprint density at radius 3 is 2.38 bits per heavy atom. The molecule has 1 aromatic heterocycles. The van der Waals surface area contributed by atoms with Crippen molar-refractivity contribution >= 4 is 10.9 Å². The van der Waals surface area contributed by atoms with Gasteiger partial charge in [-0.15, -0.1) is 0 Å². The number of hydrogen-bond donors (Lipinski definition) is 0. The highest BCUT2D eigenvalue weighted by Crippen LogP contribution is 2.33. The standard InChI is InChI=1S/C20H21NO3/c1-13-16(10-14-8-6-5-7-9-14)20(22)21(2)17-11-15(23-3)12-18(24-4)19(13)17/h5-9,11-12H,10H2,1-4H3. The first-order chi connectivity index (χ1) is 11.6. The van der Waals surface area contributed by atoms with E-state index in [1.807, 2.05) is 49.4 Å². The van der Waals surface area contributed by atoms with Gasteiger partial charge in [-0.3, -0.25) is 4.79 Å². The smallest absolute Gasteiger partial charge is 0.254 e. The van der Waals surface area contributed by atoms with Crippen molar-refractivity contribution < 1.29 is 9.47 Å². The summed E-state index contributed by atoms with van der Waals surface area (Å²) in [6.45, 7) is 1.98. The van der Waals surface area contributed by atoms with Crippen LogP contribution in [-0.2, 0) is 13.5 Å². The van der Waals surface area contributed by atoms with Gasteiger partial charge in [0.25, 0.3) is 5.56 Å². The molecular weight excluding hydrogens is 302 g/mol. The Kier molecular flexibility index (Phi) is 4.30. The monoisotopic (exact) mass is 323 g/mol. The molecule has 2 aromatic carbocycles. The van der Waals surface area contributed by atoms with E-state index in [9.17, 15) is 4.79 Å². The van der Waals surface area contributed by atoms with Crippen LogP contribution in [0.1, 0.15) is 16.7 Å². The van der Waals surface area contributed by atoms with Gasteiger partial charge in [0.15, 0.2) is 0 Å². The Bertz CT molecular complexity index is 943. The van der Waals surface area contributed by atoms with Crippen molar-refractivity contribution in [3.8, 4) is 11.5 Å². The minimum absolute atomic E-state index is 0.0131. The van der Waals surface area contributed by atoms with Crippen LogP contribution in [0.15, 0.2) is 47.3 Å². The minimum Gasteiger partial charge on any atom is -0.497 e. The highest BCUT2D eigenvalue weighted by atomic mass is 16.5. The van der Waals surface area contributed by atoms with Crippen LogP contribution in [0, 0.1) is 6.92 Å². The summed E-state index contributed by atoms with van der Waals surface area (Å²) >= 11 is 0. The van der Waals surface area contributed by atoms with E-state index in [4.69, 9.17) is 9.47 Å². The second-order valence-corrected chi connectivity index (χ2v) is 5.85. The fourth-order valence-corrected chi connectivity index (χ4v) is 3.13. The molecular formula is C20H21NO3. The van der Waals surface area contributed by atoms with Gasteiger partial charge in [-0.05, 0) is 18.1 Å². The van der Waals surface area contributed by atoms with E-state index in [-0.39, 0.29) is 5.56 Å². The van der Waals surface area contributed by atoms with E-state index >= 15 is 0 Å². The zero-order chi connectivity index (χ0) is 17.3. The Hall–Kier alpha value is -2.75. The molecule has 0 saturated carbocycles. The van der Waals surface area contributed by atoms with Gasteiger partial charge in [0, 0.05) is 36.6 Å². The van der Waals surface area contributed by atoms with Crippen molar-refractivity contribution in [3.05, 3.63) is 69.5 Å². The van der Waals surface area contributed by atoms with Crippen LogP contribution < -0.4 is 15.0 Å². The van der Waals surface area contributed by atoms with Crippen LogP contribution in [0.5, 0.6) is 11.5 Å². The number of rotatable bonds is 4. The average molecular weight is 323 g/mol. The summed E-state index contributed by atoms with van der Waals surface area (Å²) in [5, 5.41) is 0.950. The second kappa shape index (κ2) is 6.40. The SMILES string of the molecule is COc1cc(OC)c2c(C)c(Cc3ccccc3)c(=O)n(C)c2c1. The third-order valence-electron chi connectivity index (χ3n) is 4.49. The fraction of sp³-hybridized carbons (Fsp3) is 0.250. The number of methoxy groups -OCH3 is 2. The number of ether oxygens (including phenoxy) is 2. The molecule has 0 amide bonds. The topological polar surface area (TPSA) is 40.5 Å². The highest BCUT2D eigenvalue weighted by Gasteiger charge is 2.17. The predicted molar refractivity (Wildman–Crippen MR) is 96.3 cm³/mol. The first-order valence-electron chi connectivity index (χ1n) is 7.85. The van der Waals surface area contributed by atoms with E-state index in [0.717, 1.165) is 27.6 Å². The van der Waals surface area contributed by atoms with Gasteiger partial charge in [0.2, 0.25) is 0 Å². The van der Waals surface area contributed by atoms with E-state index in [2.05, 4.69) is 0 Å². The summed E-state index contributed by atoms with van der Waals surface area (Å²) in [5.74, 6) is 1.39. The summed E-state index contributed by atoms with van der Waals surface area (Å²) in [4.78, 5) is 12.9. The lowest BCUT2D eigenvalue weighted by molar-refractivity contribution is 0.397. The van der Waals surface area contributed by atoms with Gasteiger partial charge in [0.1, 0.15) is 11.5 Å². The maximum absolute atomic E-state index is 12.9. The molecule has 1 heterocycles. The predicted octanol–water partition coefficient (Wildman–Crippen LogP) is 3.45. The molecule has 124 valence electrons. The minimum atomic E-state index is 0.0131. The molecule has 0 bridgehead atoms. The van der Waals surface area contributed by atoms with Crippen molar-refractivity contribution in [2.75, 3.05) is 14.2 Å². The molecule has 24 heavy (non-hydrogen) atoms. The molecule has 0 atom stereocenters. The summed E-state index contributed by atoms with van der Waals surface area (Å²) in [5.41, 5.74) is 3.69. The van der Waals surface area contributed by atoms with E-state index in [1.165, 1.54) is 0 Å². The fourth-order valence-electron chi connectivity index (χ4n) is 3.13. The average Bonchev–Trinajstić information content (AvgIpc) is 2.63. The van der Waals surface area contributed by atoms with Gasteiger partial charge >= 0.3 is 0 Å². The van der Waals surface area contributed by atoms with Crippen LogP contribution in [-0.4, -0.2) is 18.8 Å². The molecule has 3 rings (SSSR count). The van der Waals surface area contributed by atoms with Crippen LogP contribution >= 0.6 is 0 Å². The number of nitrogens with zero attached hydrogens (tertiary/aromatic N) is 1. The van der Waals surface area contributed by atoms with Gasteiger partial charge < -0.3 is 14.0 Å². The zero-order valence-corrected chi connectivity index (χ0v) is 14.4. The number of benzene rings is 2. The number of pyridine rings is 1. The Morgan fingerprint density at radius 1 is 1.04 bits per heavy atom. The first kappa shape index (κ1) is 16.1.